The van der Waals surface area contributed by atoms with E-state index in [1.54, 1.807) is 6.42 Å². The highest BCUT2D eigenvalue weighted by Crippen LogP contribution is 2.45. The van der Waals surface area contributed by atoms with Crippen LogP contribution >= 0.6 is 0 Å². The first-order valence-electron chi connectivity index (χ1n) is 17.0. The standard InChI is InChI=1S/C35H68O2/c1-6-8-10-23-29-37-34(36)28-22-17-13-16-21-27-33(35(3,4)5)26-20-15-12-11-14-19-25-32-30-31(32)24-18-9-7-2/h31-33H,6-30H2,1-5H3. The molecule has 0 amide bonds. The monoisotopic (exact) mass is 521 g/mol. The van der Waals surface area contributed by atoms with E-state index < -0.39 is 0 Å². The summed E-state index contributed by atoms with van der Waals surface area (Å²) in [6, 6.07) is 0. The Morgan fingerprint density at radius 3 is 1.68 bits per heavy atom. The van der Waals surface area contributed by atoms with Crippen LogP contribution in [0.25, 0.3) is 0 Å². The molecule has 0 aliphatic heterocycles. The molecule has 1 rings (SSSR count). The molecular formula is C35H68O2. The van der Waals surface area contributed by atoms with Gasteiger partial charge in [-0.3, -0.25) is 4.79 Å². The molecule has 3 unspecified atom stereocenters. The number of hydrogen-bond acceptors (Lipinski definition) is 2. The summed E-state index contributed by atoms with van der Waals surface area (Å²) in [6.07, 6.45) is 31.8. The lowest BCUT2D eigenvalue weighted by molar-refractivity contribution is -0.143. The van der Waals surface area contributed by atoms with Gasteiger partial charge in [-0.1, -0.05) is 150 Å². The third-order valence-corrected chi connectivity index (χ3v) is 9.04. The van der Waals surface area contributed by atoms with Crippen molar-refractivity contribution >= 4 is 5.97 Å². The van der Waals surface area contributed by atoms with Crippen LogP contribution in [0.15, 0.2) is 0 Å². The molecule has 1 aliphatic rings. The summed E-state index contributed by atoms with van der Waals surface area (Å²) >= 11 is 0. The molecule has 0 aromatic carbocycles. The van der Waals surface area contributed by atoms with Crippen molar-refractivity contribution in [1.82, 2.24) is 0 Å². The van der Waals surface area contributed by atoms with Crippen LogP contribution in [0, 0.1) is 23.2 Å². The minimum Gasteiger partial charge on any atom is -0.466 e. The Bertz CT molecular complexity index is 520. The number of carbonyl (C=O) groups is 1. The average Bonchev–Trinajstić information content (AvgIpc) is 3.60. The third kappa shape index (κ3) is 20.1. The largest absolute Gasteiger partial charge is 0.466 e. The molecule has 3 atom stereocenters. The lowest BCUT2D eigenvalue weighted by atomic mass is 9.75. The van der Waals surface area contributed by atoms with E-state index >= 15 is 0 Å². The molecule has 220 valence electrons. The summed E-state index contributed by atoms with van der Waals surface area (Å²) in [5.41, 5.74) is 0.429. The number of unbranched alkanes of at least 4 members (excludes halogenated alkanes) is 14. The number of rotatable bonds is 26. The first-order valence-corrected chi connectivity index (χ1v) is 17.0. The van der Waals surface area contributed by atoms with E-state index in [4.69, 9.17) is 4.74 Å². The van der Waals surface area contributed by atoms with Gasteiger partial charge in [-0.25, -0.2) is 0 Å². The molecule has 0 heterocycles. The topological polar surface area (TPSA) is 26.3 Å². The van der Waals surface area contributed by atoms with E-state index in [0.717, 1.165) is 30.6 Å². The zero-order valence-electron chi connectivity index (χ0n) is 26.2. The average molecular weight is 521 g/mol. The Balaban J connectivity index is 1.95. The minimum atomic E-state index is 0.0126. The van der Waals surface area contributed by atoms with Crippen LogP contribution in [-0.2, 0) is 9.53 Å². The van der Waals surface area contributed by atoms with E-state index in [-0.39, 0.29) is 5.97 Å². The fourth-order valence-corrected chi connectivity index (χ4v) is 6.17. The fraction of sp³-hybridized carbons (Fsp3) is 0.971. The molecular weight excluding hydrogens is 452 g/mol. The first kappa shape index (κ1) is 34.5. The molecule has 0 saturated heterocycles. The van der Waals surface area contributed by atoms with Crippen molar-refractivity contribution in [2.45, 2.75) is 189 Å². The van der Waals surface area contributed by atoms with Crippen LogP contribution in [0.5, 0.6) is 0 Å². The molecule has 2 nitrogen and oxygen atoms in total. The van der Waals surface area contributed by atoms with Crippen molar-refractivity contribution in [1.29, 1.82) is 0 Å². The van der Waals surface area contributed by atoms with Gasteiger partial charge in [-0.2, -0.15) is 0 Å². The van der Waals surface area contributed by atoms with Gasteiger partial charge in [0, 0.05) is 6.42 Å². The summed E-state index contributed by atoms with van der Waals surface area (Å²) in [6.45, 7) is 12.5. The Morgan fingerprint density at radius 2 is 1.11 bits per heavy atom. The first-order chi connectivity index (χ1) is 17.9. The van der Waals surface area contributed by atoms with Crippen LogP contribution in [0.3, 0.4) is 0 Å². The highest BCUT2D eigenvalue weighted by atomic mass is 16.5. The van der Waals surface area contributed by atoms with Crippen LogP contribution in [0.4, 0.5) is 0 Å². The van der Waals surface area contributed by atoms with Gasteiger partial charge >= 0.3 is 5.97 Å². The Labute approximate surface area is 233 Å². The van der Waals surface area contributed by atoms with Gasteiger partial charge in [-0.15, -0.1) is 0 Å². The maximum absolute atomic E-state index is 11.8. The lowest BCUT2D eigenvalue weighted by Gasteiger charge is -2.31. The molecule has 0 aromatic rings. The van der Waals surface area contributed by atoms with Crippen LogP contribution in [0.2, 0.25) is 0 Å². The Hall–Kier alpha value is -0.530. The summed E-state index contributed by atoms with van der Waals surface area (Å²) < 4.78 is 5.35. The van der Waals surface area contributed by atoms with E-state index in [0.29, 0.717) is 18.4 Å². The zero-order chi connectivity index (χ0) is 27.2. The van der Waals surface area contributed by atoms with Crippen molar-refractivity contribution in [2.75, 3.05) is 6.61 Å². The summed E-state index contributed by atoms with van der Waals surface area (Å²) in [7, 11) is 0. The molecule has 1 aliphatic carbocycles. The normalized spacial score (nSPS) is 18.2. The van der Waals surface area contributed by atoms with Gasteiger partial charge in [0.1, 0.15) is 0 Å². The number of hydrogen-bond donors (Lipinski definition) is 0. The molecule has 0 bridgehead atoms. The van der Waals surface area contributed by atoms with Gasteiger partial charge in [0.2, 0.25) is 0 Å². The number of ether oxygens (including phenoxy) is 1. The fourth-order valence-electron chi connectivity index (χ4n) is 6.17. The number of carbonyl (C=O) groups excluding carboxylic acids is 1. The SMILES string of the molecule is CCCCCCOC(=O)CCCCCCCC(CCCCCCCCC1CC1CCCCC)C(C)(C)C. The maximum atomic E-state index is 11.8. The maximum Gasteiger partial charge on any atom is 0.305 e. The van der Waals surface area contributed by atoms with Crippen LogP contribution in [0.1, 0.15) is 189 Å². The summed E-state index contributed by atoms with van der Waals surface area (Å²) in [5, 5.41) is 0. The molecule has 1 fully saturated rings. The second kappa shape index (κ2) is 22.3. The van der Waals surface area contributed by atoms with Crippen LogP contribution < -0.4 is 0 Å². The van der Waals surface area contributed by atoms with Gasteiger partial charge in [-0.05, 0) is 55.3 Å². The van der Waals surface area contributed by atoms with Gasteiger partial charge in [0.25, 0.3) is 0 Å². The quantitative estimate of drug-likeness (QED) is 0.0837. The predicted octanol–water partition coefficient (Wildman–Crippen LogP) is 11.8. The smallest absolute Gasteiger partial charge is 0.305 e. The molecule has 37 heavy (non-hydrogen) atoms. The summed E-state index contributed by atoms with van der Waals surface area (Å²) in [5.74, 6) is 3.08. The van der Waals surface area contributed by atoms with E-state index in [2.05, 4.69) is 34.6 Å². The van der Waals surface area contributed by atoms with E-state index in [9.17, 15) is 4.79 Å². The lowest BCUT2D eigenvalue weighted by Crippen LogP contribution is -2.20. The highest BCUT2D eigenvalue weighted by molar-refractivity contribution is 5.69. The molecule has 0 radical (unpaired) electrons. The van der Waals surface area contributed by atoms with Gasteiger partial charge < -0.3 is 4.74 Å². The van der Waals surface area contributed by atoms with Gasteiger partial charge in [0.15, 0.2) is 0 Å². The Kier molecular flexibility index (Phi) is 20.8. The Morgan fingerprint density at radius 1 is 0.649 bits per heavy atom. The van der Waals surface area contributed by atoms with Crippen molar-refractivity contribution in [3.8, 4) is 0 Å². The van der Waals surface area contributed by atoms with Crippen molar-refractivity contribution in [3.63, 3.8) is 0 Å². The second-order valence-corrected chi connectivity index (χ2v) is 13.6. The minimum absolute atomic E-state index is 0.0126. The number of esters is 1. The van der Waals surface area contributed by atoms with Crippen LogP contribution in [-0.4, -0.2) is 12.6 Å². The predicted molar refractivity (Wildman–Crippen MR) is 163 cm³/mol. The molecule has 0 spiro atoms. The highest BCUT2D eigenvalue weighted by Gasteiger charge is 2.34. The second-order valence-electron chi connectivity index (χ2n) is 13.6. The van der Waals surface area contributed by atoms with Crippen molar-refractivity contribution in [3.05, 3.63) is 0 Å². The third-order valence-electron chi connectivity index (χ3n) is 9.04. The van der Waals surface area contributed by atoms with Gasteiger partial charge in [0.05, 0.1) is 6.61 Å². The van der Waals surface area contributed by atoms with Crippen molar-refractivity contribution < 1.29 is 9.53 Å². The molecule has 0 aromatic heterocycles. The van der Waals surface area contributed by atoms with E-state index in [1.165, 1.54) is 128 Å². The molecule has 2 heteroatoms. The van der Waals surface area contributed by atoms with E-state index in [1.807, 2.05) is 0 Å². The molecule has 0 N–H and O–H groups in total. The summed E-state index contributed by atoms with van der Waals surface area (Å²) in [4.78, 5) is 11.8. The molecule has 1 saturated carbocycles. The zero-order valence-corrected chi connectivity index (χ0v) is 26.2. The van der Waals surface area contributed by atoms with Crippen molar-refractivity contribution in [2.24, 2.45) is 23.2 Å².